The molecular weight excluding hydrogens is 190 g/mol. The van der Waals surface area contributed by atoms with Gasteiger partial charge in [0.25, 0.3) is 0 Å². The summed E-state index contributed by atoms with van der Waals surface area (Å²) in [5.74, 6) is -3.05. The summed E-state index contributed by atoms with van der Waals surface area (Å²) in [4.78, 5) is 7.57. The summed E-state index contributed by atoms with van der Waals surface area (Å²) in [7, 11) is 0. The van der Waals surface area contributed by atoms with Crippen LogP contribution in [0.25, 0.3) is 5.65 Å². The van der Waals surface area contributed by atoms with Crippen LogP contribution in [-0.2, 0) is 5.92 Å². The van der Waals surface area contributed by atoms with Gasteiger partial charge in [0.2, 0.25) is 0 Å². The number of nitrogens with zero attached hydrogens (tertiary/aromatic N) is 3. The Bertz CT molecular complexity index is 451. The van der Waals surface area contributed by atoms with Crippen LogP contribution in [0.1, 0.15) is 5.69 Å². The molecule has 0 spiro atoms. The lowest BCUT2D eigenvalue weighted by molar-refractivity contribution is 0.000538. The summed E-state index contributed by atoms with van der Waals surface area (Å²) < 4.78 is 27.8. The van der Waals surface area contributed by atoms with E-state index < -0.39 is 12.5 Å². The maximum atomic E-state index is 13.2. The number of halogens is 2. The first-order valence-corrected chi connectivity index (χ1v) is 4.00. The lowest BCUT2D eigenvalue weighted by atomic mass is 10.2. The van der Waals surface area contributed by atoms with Crippen molar-refractivity contribution in [1.82, 2.24) is 14.4 Å². The molecular formula is C8H8F2N4. The predicted molar refractivity (Wildman–Crippen MR) is 45.9 cm³/mol. The molecule has 6 heteroatoms. The van der Waals surface area contributed by atoms with E-state index in [0.29, 0.717) is 5.65 Å². The van der Waals surface area contributed by atoms with Gasteiger partial charge < -0.3 is 5.73 Å². The van der Waals surface area contributed by atoms with E-state index in [-0.39, 0.29) is 5.69 Å². The van der Waals surface area contributed by atoms with Crippen molar-refractivity contribution in [3.8, 4) is 0 Å². The smallest absolute Gasteiger partial charge is 0.301 e. The van der Waals surface area contributed by atoms with Gasteiger partial charge in [-0.1, -0.05) is 0 Å². The zero-order valence-corrected chi connectivity index (χ0v) is 7.19. The van der Waals surface area contributed by atoms with Crippen molar-refractivity contribution in [3.63, 3.8) is 0 Å². The minimum atomic E-state index is -3.05. The molecule has 4 nitrogen and oxygen atoms in total. The zero-order chi connectivity index (χ0) is 10.2. The Morgan fingerprint density at radius 3 is 2.93 bits per heavy atom. The lowest BCUT2D eigenvalue weighted by Gasteiger charge is -2.12. The van der Waals surface area contributed by atoms with Gasteiger partial charge in [-0.25, -0.2) is 4.98 Å². The zero-order valence-electron chi connectivity index (χ0n) is 7.19. The van der Waals surface area contributed by atoms with E-state index in [1.807, 2.05) is 0 Å². The van der Waals surface area contributed by atoms with Gasteiger partial charge >= 0.3 is 5.92 Å². The van der Waals surface area contributed by atoms with Crippen molar-refractivity contribution in [1.29, 1.82) is 0 Å². The van der Waals surface area contributed by atoms with E-state index in [0.717, 1.165) is 6.20 Å². The summed E-state index contributed by atoms with van der Waals surface area (Å²) >= 11 is 0. The van der Waals surface area contributed by atoms with Crippen molar-refractivity contribution in [2.75, 3.05) is 6.54 Å². The first-order valence-electron chi connectivity index (χ1n) is 4.00. The van der Waals surface area contributed by atoms with Gasteiger partial charge in [0.05, 0.1) is 18.9 Å². The molecule has 2 N–H and O–H groups in total. The maximum absolute atomic E-state index is 13.2. The fraction of sp³-hybridized carbons (Fsp3) is 0.250. The number of aromatic nitrogens is 3. The molecule has 0 saturated carbocycles. The molecule has 0 aliphatic heterocycles. The van der Waals surface area contributed by atoms with Crippen LogP contribution in [0.15, 0.2) is 24.8 Å². The predicted octanol–water partition coefficient (Wildman–Crippen LogP) is 0.780. The van der Waals surface area contributed by atoms with Crippen molar-refractivity contribution < 1.29 is 8.78 Å². The SMILES string of the molecule is NCC(F)(F)c1cnc2cnccn12. The highest BCUT2D eigenvalue weighted by atomic mass is 19.3. The molecule has 14 heavy (non-hydrogen) atoms. The van der Waals surface area contributed by atoms with E-state index in [1.54, 1.807) is 0 Å². The number of rotatable bonds is 2. The molecule has 0 radical (unpaired) electrons. The third-order valence-electron chi connectivity index (χ3n) is 1.95. The molecule has 0 atom stereocenters. The monoisotopic (exact) mass is 198 g/mol. The Hall–Kier alpha value is -1.56. The van der Waals surface area contributed by atoms with E-state index in [4.69, 9.17) is 5.73 Å². The van der Waals surface area contributed by atoms with E-state index in [1.165, 1.54) is 23.0 Å². The molecule has 2 aromatic rings. The van der Waals surface area contributed by atoms with Gasteiger partial charge in [0.1, 0.15) is 5.69 Å². The second kappa shape index (κ2) is 2.98. The molecule has 0 aromatic carbocycles. The molecule has 0 aliphatic rings. The lowest BCUT2D eigenvalue weighted by Crippen LogP contribution is -2.26. The highest BCUT2D eigenvalue weighted by Gasteiger charge is 2.33. The quantitative estimate of drug-likeness (QED) is 0.775. The minimum absolute atomic E-state index is 0.211. The summed E-state index contributed by atoms with van der Waals surface area (Å²) in [6, 6.07) is 0. The molecule has 2 rings (SSSR count). The molecule has 0 bridgehead atoms. The van der Waals surface area contributed by atoms with Crippen LogP contribution in [0, 0.1) is 0 Å². The van der Waals surface area contributed by atoms with Crippen molar-refractivity contribution in [2.45, 2.75) is 5.92 Å². The van der Waals surface area contributed by atoms with Crippen LogP contribution in [0.5, 0.6) is 0 Å². The van der Waals surface area contributed by atoms with Crippen molar-refractivity contribution in [2.24, 2.45) is 5.73 Å². The molecule has 0 saturated heterocycles. The van der Waals surface area contributed by atoms with Crippen LogP contribution in [0.2, 0.25) is 0 Å². The molecule has 74 valence electrons. The number of hydrogen-bond acceptors (Lipinski definition) is 3. The highest BCUT2D eigenvalue weighted by molar-refractivity contribution is 5.38. The first-order chi connectivity index (χ1) is 6.65. The van der Waals surface area contributed by atoms with Gasteiger partial charge in [-0.3, -0.25) is 9.38 Å². The van der Waals surface area contributed by atoms with E-state index in [9.17, 15) is 8.78 Å². The number of alkyl halides is 2. The Morgan fingerprint density at radius 2 is 2.21 bits per heavy atom. The standard InChI is InChI=1S/C8H8F2N4/c9-8(10,5-11)6-3-13-7-4-12-1-2-14(6)7/h1-4H,5,11H2. The van der Waals surface area contributed by atoms with Crippen LogP contribution in [0.3, 0.4) is 0 Å². The Labute approximate surface area is 78.4 Å². The average Bonchev–Trinajstić information content (AvgIpc) is 2.61. The fourth-order valence-electron chi connectivity index (χ4n) is 1.22. The van der Waals surface area contributed by atoms with Gasteiger partial charge in [0.15, 0.2) is 5.65 Å². The molecule has 0 fully saturated rings. The summed E-state index contributed by atoms with van der Waals surface area (Å²) in [5.41, 5.74) is 5.16. The van der Waals surface area contributed by atoms with Crippen LogP contribution < -0.4 is 5.73 Å². The van der Waals surface area contributed by atoms with Gasteiger partial charge in [-0.2, -0.15) is 8.78 Å². The van der Waals surface area contributed by atoms with Crippen LogP contribution in [0.4, 0.5) is 8.78 Å². The first kappa shape index (κ1) is 9.01. The molecule has 0 aliphatic carbocycles. The van der Waals surface area contributed by atoms with Crippen LogP contribution >= 0.6 is 0 Å². The topological polar surface area (TPSA) is 56.2 Å². The second-order valence-corrected chi connectivity index (χ2v) is 2.86. The number of imidazole rings is 1. The molecule has 2 heterocycles. The van der Waals surface area contributed by atoms with Crippen molar-refractivity contribution >= 4 is 5.65 Å². The van der Waals surface area contributed by atoms with Crippen LogP contribution in [-0.4, -0.2) is 20.9 Å². The fourth-order valence-corrected chi connectivity index (χ4v) is 1.22. The Kier molecular flexibility index (Phi) is 1.92. The summed E-state index contributed by atoms with van der Waals surface area (Å²) in [6.07, 6.45) is 5.38. The van der Waals surface area contributed by atoms with Gasteiger partial charge in [-0.05, 0) is 0 Å². The average molecular weight is 198 g/mol. The van der Waals surface area contributed by atoms with Crippen molar-refractivity contribution in [3.05, 3.63) is 30.5 Å². The molecule has 0 amide bonds. The summed E-state index contributed by atoms with van der Waals surface area (Å²) in [5, 5.41) is 0. The van der Waals surface area contributed by atoms with Gasteiger partial charge in [-0.15, -0.1) is 0 Å². The Balaban J connectivity index is 2.64. The largest absolute Gasteiger partial charge is 0.325 e. The van der Waals surface area contributed by atoms with Gasteiger partial charge in [0, 0.05) is 12.4 Å². The van der Waals surface area contributed by atoms with E-state index >= 15 is 0 Å². The molecule has 0 unspecified atom stereocenters. The number of hydrogen-bond donors (Lipinski definition) is 1. The normalized spacial score (nSPS) is 12.2. The third-order valence-corrected chi connectivity index (χ3v) is 1.95. The maximum Gasteiger partial charge on any atom is 0.301 e. The minimum Gasteiger partial charge on any atom is -0.325 e. The Morgan fingerprint density at radius 1 is 1.43 bits per heavy atom. The number of fused-ring (bicyclic) bond motifs is 1. The third kappa shape index (κ3) is 1.24. The summed E-state index contributed by atoms with van der Waals surface area (Å²) in [6.45, 7) is -0.733. The highest BCUT2D eigenvalue weighted by Crippen LogP contribution is 2.26. The number of nitrogens with two attached hydrogens (primary N) is 1. The second-order valence-electron chi connectivity index (χ2n) is 2.86. The van der Waals surface area contributed by atoms with E-state index in [2.05, 4.69) is 9.97 Å². The molecule has 2 aromatic heterocycles.